The highest BCUT2D eigenvalue weighted by molar-refractivity contribution is 5.99. The highest BCUT2D eigenvalue weighted by Crippen LogP contribution is 2.37. The van der Waals surface area contributed by atoms with Crippen molar-refractivity contribution in [2.75, 3.05) is 6.54 Å². The van der Waals surface area contributed by atoms with Crippen LogP contribution in [0.4, 0.5) is 0 Å². The minimum Gasteiger partial charge on any atom is -0.324 e. The molecule has 0 bridgehead atoms. The SMILES string of the molecule is CC(C)(C)c1[c]c(C(=O)CN)c(C(C)(C)C)cc1O[O]. The van der Waals surface area contributed by atoms with Gasteiger partial charge in [-0.25, -0.2) is 0 Å². The van der Waals surface area contributed by atoms with Crippen LogP contribution in [0.1, 0.15) is 63.0 Å². The number of ketones is 1. The number of carbonyl (C=O) groups excluding carboxylic acids is 1. The van der Waals surface area contributed by atoms with Crippen molar-refractivity contribution in [1.82, 2.24) is 0 Å². The molecular formula is C16H23NO3. The van der Waals surface area contributed by atoms with Gasteiger partial charge in [0.15, 0.2) is 11.5 Å². The molecule has 0 heterocycles. The van der Waals surface area contributed by atoms with E-state index in [-0.39, 0.29) is 28.9 Å². The average molecular weight is 277 g/mol. The number of hydrogen-bond acceptors (Lipinski definition) is 3. The van der Waals surface area contributed by atoms with Gasteiger partial charge in [0.25, 0.3) is 0 Å². The van der Waals surface area contributed by atoms with Gasteiger partial charge in [-0.1, -0.05) is 41.5 Å². The van der Waals surface area contributed by atoms with Crippen molar-refractivity contribution in [1.29, 1.82) is 0 Å². The van der Waals surface area contributed by atoms with Gasteiger partial charge in [0, 0.05) is 22.5 Å². The maximum absolute atomic E-state index is 12.1. The Balaban J connectivity index is 3.67. The van der Waals surface area contributed by atoms with E-state index in [2.05, 4.69) is 11.0 Å². The number of Topliss-reactive ketones (excluding diaryl/α,β-unsaturated/α-hetero) is 1. The summed E-state index contributed by atoms with van der Waals surface area (Å²) >= 11 is 0. The molecule has 0 aliphatic carbocycles. The lowest BCUT2D eigenvalue weighted by Crippen LogP contribution is -2.24. The van der Waals surface area contributed by atoms with Crippen LogP contribution in [0.15, 0.2) is 6.07 Å². The van der Waals surface area contributed by atoms with Crippen molar-refractivity contribution in [2.24, 2.45) is 5.73 Å². The number of benzene rings is 1. The van der Waals surface area contributed by atoms with Crippen molar-refractivity contribution in [3.63, 3.8) is 0 Å². The molecule has 4 heteroatoms. The first-order valence-electron chi connectivity index (χ1n) is 6.66. The third kappa shape index (κ3) is 3.38. The number of nitrogens with two attached hydrogens (primary N) is 1. The van der Waals surface area contributed by atoms with Crippen LogP contribution >= 0.6 is 0 Å². The largest absolute Gasteiger partial charge is 0.324 e. The van der Waals surface area contributed by atoms with Crippen molar-refractivity contribution in [3.05, 3.63) is 28.8 Å². The third-order valence-corrected chi connectivity index (χ3v) is 3.15. The molecule has 0 aliphatic heterocycles. The van der Waals surface area contributed by atoms with E-state index in [0.717, 1.165) is 5.56 Å². The lowest BCUT2D eigenvalue weighted by atomic mass is 9.78. The molecule has 110 valence electrons. The molecule has 4 nitrogen and oxygen atoms in total. The molecule has 0 aliphatic rings. The molecule has 0 spiro atoms. The summed E-state index contributed by atoms with van der Waals surface area (Å²) < 4.78 is 0. The standard InChI is InChI=1S/C16H23NO3/c1-15(2,3)11-8-14(20-19)12(16(4,5)6)7-10(11)13(18)9-17/h8H,9,17H2,1-6H3. The maximum Gasteiger partial charge on any atom is 0.177 e. The van der Waals surface area contributed by atoms with Crippen molar-refractivity contribution < 1.29 is 14.9 Å². The average Bonchev–Trinajstić information content (AvgIpc) is 2.34. The Labute approximate surface area is 120 Å². The summed E-state index contributed by atoms with van der Waals surface area (Å²) in [5.41, 5.74) is 6.60. The summed E-state index contributed by atoms with van der Waals surface area (Å²) in [6.07, 6.45) is 0. The van der Waals surface area contributed by atoms with Crippen LogP contribution in [0.3, 0.4) is 0 Å². The number of rotatable bonds is 3. The second-order valence-electron chi connectivity index (χ2n) is 7.01. The summed E-state index contributed by atoms with van der Waals surface area (Å²) in [5, 5.41) is 11.0. The number of carbonyl (C=O) groups is 1. The van der Waals surface area contributed by atoms with Crippen molar-refractivity contribution >= 4 is 5.78 Å². The van der Waals surface area contributed by atoms with Crippen LogP contribution in [0, 0.1) is 6.07 Å². The lowest BCUT2D eigenvalue weighted by Gasteiger charge is -2.27. The minimum absolute atomic E-state index is 0.0826. The molecule has 20 heavy (non-hydrogen) atoms. The second kappa shape index (κ2) is 5.54. The zero-order valence-electron chi connectivity index (χ0n) is 13.1. The summed E-state index contributed by atoms with van der Waals surface area (Å²) in [7, 11) is 0. The van der Waals surface area contributed by atoms with E-state index in [0.29, 0.717) is 11.1 Å². The zero-order chi connectivity index (χ0) is 15.7. The number of hydrogen-bond donors (Lipinski definition) is 1. The first-order chi connectivity index (χ1) is 9.02. The first kappa shape index (κ1) is 16.7. The lowest BCUT2D eigenvalue weighted by molar-refractivity contribution is -0.209. The highest BCUT2D eigenvalue weighted by Gasteiger charge is 2.28. The van der Waals surface area contributed by atoms with E-state index in [9.17, 15) is 10.1 Å². The highest BCUT2D eigenvalue weighted by atomic mass is 17.1. The predicted octanol–water partition coefficient (Wildman–Crippen LogP) is 2.95. The van der Waals surface area contributed by atoms with Gasteiger partial charge in [0.1, 0.15) is 0 Å². The molecule has 0 fully saturated rings. The molecule has 1 aromatic rings. The van der Waals surface area contributed by atoms with Crippen LogP contribution < -0.4 is 10.6 Å². The Morgan fingerprint density at radius 3 is 2.10 bits per heavy atom. The molecule has 0 aromatic heterocycles. The summed E-state index contributed by atoms with van der Waals surface area (Å²) in [6.45, 7) is 11.6. The summed E-state index contributed by atoms with van der Waals surface area (Å²) in [5.74, 6) is 0.0360. The zero-order valence-corrected chi connectivity index (χ0v) is 13.1. The molecule has 2 N–H and O–H groups in total. The van der Waals surface area contributed by atoms with E-state index in [1.807, 2.05) is 41.5 Å². The quantitative estimate of drug-likeness (QED) is 0.524. The summed E-state index contributed by atoms with van der Waals surface area (Å²) in [4.78, 5) is 16.3. The topological polar surface area (TPSA) is 72.2 Å². The smallest absolute Gasteiger partial charge is 0.177 e. The predicted molar refractivity (Wildman–Crippen MR) is 77.4 cm³/mol. The van der Waals surface area contributed by atoms with Gasteiger partial charge in [-0.3, -0.25) is 4.79 Å². The Morgan fingerprint density at radius 2 is 1.75 bits per heavy atom. The van der Waals surface area contributed by atoms with Gasteiger partial charge in [-0.15, -0.1) is 0 Å². The molecule has 0 saturated carbocycles. The molecular weight excluding hydrogens is 254 g/mol. The van der Waals surface area contributed by atoms with Crippen LogP contribution in [-0.2, 0) is 16.1 Å². The van der Waals surface area contributed by atoms with E-state index >= 15 is 0 Å². The molecule has 0 atom stereocenters. The fourth-order valence-corrected chi connectivity index (χ4v) is 2.07. The van der Waals surface area contributed by atoms with Crippen LogP contribution in [0.5, 0.6) is 5.75 Å². The van der Waals surface area contributed by atoms with Gasteiger partial charge in [0.05, 0.1) is 6.54 Å². The van der Waals surface area contributed by atoms with E-state index in [1.165, 1.54) is 0 Å². The van der Waals surface area contributed by atoms with Gasteiger partial charge < -0.3 is 10.6 Å². The van der Waals surface area contributed by atoms with Crippen LogP contribution in [0.2, 0.25) is 0 Å². The Kier molecular flexibility index (Phi) is 4.62. The normalized spacial score (nSPS) is 12.4. The van der Waals surface area contributed by atoms with Crippen molar-refractivity contribution in [2.45, 2.75) is 52.4 Å². The van der Waals surface area contributed by atoms with E-state index in [4.69, 9.17) is 5.73 Å². The Hall–Kier alpha value is -1.39. The first-order valence-corrected chi connectivity index (χ1v) is 6.66. The van der Waals surface area contributed by atoms with Gasteiger partial charge in [-0.05, 0) is 22.5 Å². The maximum atomic E-state index is 12.1. The molecule has 0 amide bonds. The molecule has 0 unspecified atom stereocenters. The Morgan fingerprint density at radius 1 is 1.20 bits per heavy atom. The summed E-state index contributed by atoms with van der Waals surface area (Å²) in [6, 6.07) is 4.72. The monoisotopic (exact) mass is 277 g/mol. The van der Waals surface area contributed by atoms with Gasteiger partial charge in [-0.2, -0.15) is 0 Å². The third-order valence-electron chi connectivity index (χ3n) is 3.15. The van der Waals surface area contributed by atoms with E-state index in [1.54, 1.807) is 6.07 Å². The molecule has 2 radical (unpaired) electrons. The van der Waals surface area contributed by atoms with E-state index < -0.39 is 0 Å². The van der Waals surface area contributed by atoms with Crippen LogP contribution in [-0.4, -0.2) is 12.3 Å². The molecule has 1 aromatic carbocycles. The second-order valence-corrected chi connectivity index (χ2v) is 7.01. The van der Waals surface area contributed by atoms with Crippen molar-refractivity contribution in [3.8, 4) is 5.75 Å². The fourth-order valence-electron chi connectivity index (χ4n) is 2.07. The van der Waals surface area contributed by atoms with Crippen LogP contribution in [0.25, 0.3) is 0 Å². The van der Waals surface area contributed by atoms with Gasteiger partial charge in [0.2, 0.25) is 0 Å². The minimum atomic E-state index is -0.347. The van der Waals surface area contributed by atoms with Gasteiger partial charge >= 0.3 is 0 Å². The molecule has 0 saturated heterocycles. The molecule has 1 rings (SSSR count). The Bertz CT molecular complexity index is 508. The fraction of sp³-hybridized carbons (Fsp3) is 0.562.